The van der Waals surface area contributed by atoms with Crippen LogP contribution in [0.4, 0.5) is 5.82 Å². The Morgan fingerprint density at radius 1 is 1.28 bits per heavy atom. The number of rotatable bonds is 3. The molecule has 1 aromatic heterocycles. The van der Waals surface area contributed by atoms with Gasteiger partial charge in [-0.2, -0.15) is 0 Å². The molecule has 1 amide bonds. The highest BCUT2D eigenvalue weighted by Crippen LogP contribution is 2.27. The minimum atomic E-state index is -0.641. The topological polar surface area (TPSA) is 95.6 Å². The van der Waals surface area contributed by atoms with Crippen molar-refractivity contribution in [1.82, 2.24) is 14.9 Å². The number of carbonyl (C=O) groups excluding carboxylic acids is 1. The Balaban J connectivity index is 1.80. The maximum atomic E-state index is 12.9. The van der Waals surface area contributed by atoms with Gasteiger partial charge in [0.25, 0.3) is 5.91 Å². The van der Waals surface area contributed by atoms with Crippen LogP contribution in [0.1, 0.15) is 54.5 Å². The van der Waals surface area contributed by atoms with Crippen LogP contribution in [0.2, 0.25) is 0 Å². The van der Waals surface area contributed by atoms with E-state index in [1.807, 2.05) is 20.8 Å². The number of nitrogens with zero attached hydrogens (tertiary/aromatic N) is 4. The van der Waals surface area contributed by atoms with Crippen molar-refractivity contribution in [2.45, 2.75) is 58.1 Å². The fourth-order valence-corrected chi connectivity index (χ4v) is 3.62. The molecule has 1 atom stereocenters. The molecule has 7 nitrogen and oxygen atoms in total. The Bertz CT molecular complexity index is 655. The van der Waals surface area contributed by atoms with E-state index in [4.69, 9.17) is 5.73 Å². The molecular formula is C18H29N5O2. The molecular weight excluding hydrogens is 318 g/mol. The summed E-state index contributed by atoms with van der Waals surface area (Å²) in [4.78, 5) is 25.8. The number of nitrogens with two attached hydrogens (primary N) is 1. The van der Waals surface area contributed by atoms with E-state index in [-0.39, 0.29) is 17.8 Å². The van der Waals surface area contributed by atoms with Crippen LogP contribution < -0.4 is 10.6 Å². The van der Waals surface area contributed by atoms with Gasteiger partial charge >= 0.3 is 0 Å². The molecule has 25 heavy (non-hydrogen) atoms. The van der Waals surface area contributed by atoms with Crippen molar-refractivity contribution < 1.29 is 9.90 Å². The lowest BCUT2D eigenvalue weighted by molar-refractivity contribution is -0.0196. The first-order chi connectivity index (χ1) is 11.8. The van der Waals surface area contributed by atoms with Crippen molar-refractivity contribution in [3.05, 3.63) is 17.1 Å². The normalized spacial score (nSPS) is 23.2. The molecule has 0 spiro atoms. The Morgan fingerprint density at radius 3 is 2.52 bits per heavy atom. The fourth-order valence-electron chi connectivity index (χ4n) is 3.62. The van der Waals surface area contributed by atoms with Gasteiger partial charge < -0.3 is 20.6 Å². The van der Waals surface area contributed by atoms with Crippen LogP contribution in [-0.4, -0.2) is 63.7 Å². The first-order valence-corrected chi connectivity index (χ1v) is 9.20. The predicted molar refractivity (Wildman–Crippen MR) is 96.7 cm³/mol. The van der Waals surface area contributed by atoms with Crippen LogP contribution in [0.15, 0.2) is 0 Å². The Morgan fingerprint density at radius 2 is 1.96 bits per heavy atom. The molecule has 0 bridgehead atoms. The van der Waals surface area contributed by atoms with Gasteiger partial charge in [-0.15, -0.1) is 0 Å². The van der Waals surface area contributed by atoms with Crippen molar-refractivity contribution in [3.63, 3.8) is 0 Å². The van der Waals surface area contributed by atoms with Gasteiger partial charge in [0.1, 0.15) is 5.82 Å². The van der Waals surface area contributed by atoms with E-state index >= 15 is 0 Å². The number of aryl methyl sites for hydroxylation is 1. The molecule has 3 N–H and O–H groups in total. The monoisotopic (exact) mass is 347 g/mol. The van der Waals surface area contributed by atoms with Crippen molar-refractivity contribution in [1.29, 1.82) is 0 Å². The standard InChI is InChI=1S/C18H29N5O2/c1-4-18(25)6-9-22(10-7-18)17(24)15-20-13(3)12(2)16(21-15)23-8-5-14(19)11-23/h14,25H,4-11,19H2,1-3H3/t14-/m1/s1. The molecule has 0 radical (unpaired) electrons. The summed E-state index contributed by atoms with van der Waals surface area (Å²) >= 11 is 0. The zero-order valence-corrected chi connectivity index (χ0v) is 15.5. The van der Waals surface area contributed by atoms with E-state index in [1.54, 1.807) is 4.90 Å². The van der Waals surface area contributed by atoms with Gasteiger partial charge in [0.15, 0.2) is 0 Å². The van der Waals surface area contributed by atoms with Crippen LogP contribution in [0.5, 0.6) is 0 Å². The quantitative estimate of drug-likeness (QED) is 0.847. The molecule has 2 aliphatic rings. The van der Waals surface area contributed by atoms with E-state index < -0.39 is 5.60 Å². The molecule has 7 heteroatoms. The largest absolute Gasteiger partial charge is 0.390 e. The summed E-state index contributed by atoms with van der Waals surface area (Å²) in [5.41, 5.74) is 7.21. The minimum absolute atomic E-state index is 0.147. The number of amides is 1. The van der Waals surface area contributed by atoms with E-state index in [1.165, 1.54) is 0 Å². The first kappa shape index (κ1) is 18.1. The Kier molecular flexibility index (Phi) is 4.97. The Labute approximate surface area is 149 Å². The first-order valence-electron chi connectivity index (χ1n) is 9.20. The molecule has 2 saturated heterocycles. The predicted octanol–water partition coefficient (Wildman–Crippen LogP) is 1.01. The summed E-state index contributed by atoms with van der Waals surface area (Å²) in [7, 11) is 0. The SMILES string of the molecule is CCC1(O)CCN(C(=O)c2nc(C)c(C)c(N3CC[C@@H](N)C3)n2)CC1. The van der Waals surface area contributed by atoms with Crippen molar-refractivity contribution >= 4 is 11.7 Å². The molecule has 138 valence electrons. The molecule has 2 aliphatic heterocycles. The molecule has 3 rings (SSSR count). The average Bonchev–Trinajstić information content (AvgIpc) is 3.03. The van der Waals surface area contributed by atoms with Crippen LogP contribution in [0.25, 0.3) is 0 Å². The lowest BCUT2D eigenvalue weighted by Gasteiger charge is -2.37. The number of carbonyl (C=O) groups is 1. The molecule has 0 unspecified atom stereocenters. The third kappa shape index (κ3) is 3.62. The van der Waals surface area contributed by atoms with Gasteiger partial charge in [-0.05, 0) is 39.5 Å². The maximum Gasteiger partial charge on any atom is 0.291 e. The lowest BCUT2D eigenvalue weighted by atomic mass is 9.89. The molecule has 0 saturated carbocycles. The second kappa shape index (κ2) is 6.88. The van der Waals surface area contributed by atoms with E-state index in [9.17, 15) is 9.90 Å². The summed E-state index contributed by atoms with van der Waals surface area (Å²) < 4.78 is 0. The number of aliphatic hydroxyl groups is 1. The number of piperidine rings is 1. The summed E-state index contributed by atoms with van der Waals surface area (Å²) in [5.74, 6) is 0.928. The van der Waals surface area contributed by atoms with E-state index in [0.29, 0.717) is 32.4 Å². The number of hydrogen-bond donors (Lipinski definition) is 2. The Hall–Kier alpha value is -1.73. The van der Waals surface area contributed by atoms with Gasteiger partial charge in [-0.3, -0.25) is 4.79 Å². The second-order valence-electron chi connectivity index (χ2n) is 7.45. The van der Waals surface area contributed by atoms with Crippen molar-refractivity contribution in [3.8, 4) is 0 Å². The number of anilines is 1. The minimum Gasteiger partial charge on any atom is -0.390 e. The highest BCUT2D eigenvalue weighted by Gasteiger charge is 2.34. The van der Waals surface area contributed by atoms with E-state index in [2.05, 4.69) is 14.9 Å². The second-order valence-corrected chi connectivity index (χ2v) is 7.45. The molecule has 0 aromatic carbocycles. The number of hydrogen-bond acceptors (Lipinski definition) is 6. The van der Waals surface area contributed by atoms with Gasteiger partial charge in [-0.25, -0.2) is 9.97 Å². The zero-order chi connectivity index (χ0) is 18.2. The molecule has 1 aromatic rings. The maximum absolute atomic E-state index is 12.9. The highest BCUT2D eigenvalue weighted by atomic mass is 16.3. The molecule has 3 heterocycles. The van der Waals surface area contributed by atoms with Gasteiger partial charge in [-0.1, -0.05) is 6.92 Å². The van der Waals surface area contributed by atoms with Crippen LogP contribution >= 0.6 is 0 Å². The molecule has 2 fully saturated rings. The summed E-state index contributed by atoms with van der Waals surface area (Å²) in [6, 6.07) is 0.155. The average molecular weight is 347 g/mol. The van der Waals surface area contributed by atoms with Crippen molar-refractivity contribution in [2.75, 3.05) is 31.1 Å². The zero-order valence-electron chi connectivity index (χ0n) is 15.5. The number of likely N-dealkylation sites (tertiary alicyclic amines) is 1. The third-order valence-corrected chi connectivity index (χ3v) is 5.72. The van der Waals surface area contributed by atoms with Gasteiger partial charge in [0.05, 0.1) is 5.60 Å². The summed E-state index contributed by atoms with van der Waals surface area (Å²) in [6.45, 7) is 8.60. The highest BCUT2D eigenvalue weighted by molar-refractivity contribution is 5.91. The fraction of sp³-hybridized carbons (Fsp3) is 0.722. The molecule has 0 aliphatic carbocycles. The van der Waals surface area contributed by atoms with Crippen LogP contribution in [0.3, 0.4) is 0 Å². The van der Waals surface area contributed by atoms with Crippen LogP contribution in [-0.2, 0) is 0 Å². The smallest absolute Gasteiger partial charge is 0.291 e. The number of aromatic nitrogens is 2. The van der Waals surface area contributed by atoms with Gasteiger partial charge in [0.2, 0.25) is 5.82 Å². The van der Waals surface area contributed by atoms with Gasteiger partial charge in [0, 0.05) is 43.5 Å². The van der Waals surface area contributed by atoms with E-state index in [0.717, 1.165) is 36.6 Å². The van der Waals surface area contributed by atoms with Crippen LogP contribution in [0, 0.1) is 13.8 Å². The van der Waals surface area contributed by atoms with Crippen molar-refractivity contribution in [2.24, 2.45) is 5.73 Å². The third-order valence-electron chi connectivity index (χ3n) is 5.72. The summed E-state index contributed by atoms with van der Waals surface area (Å²) in [5, 5.41) is 10.4. The lowest BCUT2D eigenvalue weighted by Crippen LogP contribution is -2.46. The summed E-state index contributed by atoms with van der Waals surface area (Å²) in [6.07, 6.45) is 2.86.